The van der Waals surface area contributed by atoms with Gasteiger partial charge in [-0.15, -0.1) is 11.8 Å². The summed E-state index contributed by atoms with van der Waals surface area (Å²) < 4.78 is 5.27. The highest BCUT2D eigenvalue weighted by Crippen LogP contribution is 2.30. The van der Waals surface area contributed by atoms with Crippen molar-refractivity contribution in [1.82, 2.24) is 0 Å². The third-order valence-electron chi connectivity index (χ3n) is 3.45. The van der Waals surface area contributed by atoms with Gasteiger partial charge in [0, 0.05) is 4.90 Å². The number of rotatable bonds is 7. The van der Waals surface area contributed by atoms with E-state index in [4.69, 9.17) is 4.74 Å². The van der Waals surface area contributed by atoms with Crippen LogP contribution in [0.1, 0.15) is 18.1 Å². The van der Waals surface area contributed by atoms with Crippen molar-refractivity contribution in [1.29, 1.82) is 0 Å². The Labute approximate surface area is 150 Å². The topological polar surface area (TPSA) is 81.5 Å². The van der Waals surface area contributed by atoms with Crippen LogP contribution in [0.2, 0.25) is 0 Å². The molecule has 0 aromatic heterocycles. The molecular weight excluding hydrogens is 340 g/mol. The Bertz CT molecular complexity index is 793. The number of nitrogens with zero attached hydrogens (tertiary/aromatic N) is 1. The fourth-order valence-corrected chi connectivity index (χ4v) is 3.14. The SMILES string of the molecule is CCOc1ccc(NC(=O)CSc2cc(C)ccc2C)c([N+](=O)[O-])c1. The number of hydrogen-bond acceptors (Lipinski definition) is 5. The Morgan fingerprint density at radius 2 is 2.00 bits per heavy atom. The summed E-state index contributed by atoms with van der Waals surface area (Å²) in [5, 5.41) is 13.8. The molecular formula is C18H20N2O4S. The number of anilines is 1. The zero-order valence-corrected chi connectivity index (χ0v) is 15.2. The molecule has 2 aromatic carbocycles. The minimum absolute atomic E-state index is 0.167. The smallest absolute Gasteiger partial charge is 0.296 e. The van der Waals surface area contributed by atoms with Crippen LogP contribution in [0.4, 0.5) is 11.4 Å². The van der Waals surface area contributed by atoms with E-state index >= 15 is 0 Å². The molecule has 0 aliphatic heterocycles. The second kappa shape index (κ2) is 8.53. The molecule has 25 heavy (non-hydrogen) atoms. The highest BCUT2D eigenvalue weighted by Gasteiger charge is 2.17. The number of amides is 1. The summed E-state index contributed by atoms with van der Waals surface area (Å²) in [6.45, 7) is 6.19. The predicted octanol–water partition coefficient (Wildman–Crippen LogP) is 4.34. The van der Waals surface area contributed by atoms with Crippen molar-refractivity contribution >= 4 is 29.0 Å². The molecule has 0 unspecified atom stereocenters. The maximum Gasteiger partial charge on any atom is 0.296 e. The van der Waals surface area contributed by atoms with Crippen LogP contribution in [0.5, 0.6) is 5.75 Å². The zero-order valence-electron chi connectivity index (χ0n) is 14.4. The largest absolute Gasteiger partial charge is 0.494 e. The van der Waals surface area contributed by atoms with E-state index in [1.165, 1.54) is 23.9 Å². The summed E-state index contributed by atoms with van der Waals surface area (Å²) in [5.74, 6) is 0.282. The highest BCUT2D eigenvalue weighted by atomic mass is 32.2. The van der Waals surface area contributed by atoms with Crippen LogP contribution in [0.3, 0.4) is 0 Å². The van der Waals surface area contributed by atoms with E-state index in [1.54, 1.807) is 13.0 Å². The normalized spacial score (nSPS) is 10.4. The summed E-state index contributed by atoms with van der Waals surface area (Å²) in [6.07, 6.45) is 0. The Hall–Kier alpha value is -2.54. The lowest BCUT2D eigenvalue weighted by Gasteiger charge is -2.09. The molecule has 6 nitrogen and oxygen atoms in total. The summed E-state index contributed by atoms with van der Waals surface area (Å²) in [4.78, 5) is 23.9. The molecule has 0 saturated heterocycles. The van der Waals surface area contributed by atoms with Crippen molar-refractivity contribution in [3.05, 3.63) is 57.6 Å². The van der Waals surface area contributed by atoms with E-state index in [9.17, 15) is 14.9 Å². The molecule has 2 rings (SSSR count). The molecule has 0 bridgehead atoms. The third-order valence-corrected chi connectivity index (χ3v) is 4.61. The molecule has 2 aromatic rings. The van der Waals surface area contributed by atoms with Crippen LogP contribution in [0.15, 0.2) is 41.3 Å². The van der Waals surface area contributed by atoms with Crippen molar-refractivity contribution in [2.75, 3.05) is 17.7 Å². The van der Waals surface area contributed by atoms with Crippen molar-refractivity contribution in [2.45, 2.75) is 25.7 Å². The van der Waals surface area contributed by atoms with Gasteiger partial charge in [0.15, 0.2) is 0 Å². The van der Waals surface area contributed by atoms with Gasteiger partial charge in [0.05, 0.1) is 23.3 Å². The average molecular weight is 360 g/mol. The van der Waals surface area contributed by atoms with Crippen molar-refractivity contribution in [2.24, 2.45) is 0 Å². The van der Waals surface area contributed by atoms with Gasteiger partial charge in [-0.05, 0) is 44.5 Å². The second-order valence-electron chi connectivity index (χ2n) is 5.47. The van der Waals surface area contributed by atoms with E-state index in [2.05, 4.69) is 5.32 Å². The molecule has 0 fully saturated rings. The molecule has 1 amide bonds. The molecule has 0 atom stereocenters. The fraction of sp³-hybridized carbons (Fsp3) is 0.278. The van der Waals surface area contributed by atoms with Gasteiger partial charge >= 0.3 is 0 Å². The van der Waals surface area contributed by atoms with Gasteiger partial charge < -0.3 is 10.1 Å². The second-order valence-corrected chi connectivity index (χ2v) is 6.49. The van der Waals surface area contributed by atoms with E-state index in [1.807, 2.05) is 32.0 Å². The third kappa shape index (κ3) is 5.22. The standard InChI is InChI=1S/C18H20N2O4S/c1-4-24-14-7-8-15(16(10-14)20(22)23)19-18(21)11-25-17-9-12(2)5-6-13(17)3/h5-10H,4,11H2,1-3H3,(H,19,21). The Morgan fingerprint density at radius 3 is 2.68 bits per heavy atom. The number of carbonyl (C=O) groups is 1. The maximum absolute atomic E-state index is 12.2. The van der Waals surface area contributed by atoms with Crippen LogP contribution in [0.25, 0.3) is 0 Å². The number of ether oxygens (including phenoxy) is 1. The lowest BCUT2D eigenvalue weighted by Crippen LogP contribution is -2.15. The molecule has 0 aliphatic carbocycles. The number of nitrogens with one attached hydrogen (secondary N) is 1. The van der Waals surface area contributed by atoms with Crippen LogP contribution in [0, 0.1) is 24.0 Å². The summed E-state index contributed by atoms with van der Waals surface area (Å²) in [5.41, 5.74) is 2.20. The van der Waals surface area contributed by atoms with Crippen LogP contribution >= 0.6 is 11.8 Å². The van der Waals surface area contributed by atoms with Gasteiger partial charge in [-0.1, -0.05) is 17.7 Å². The minimum atomic E-state index is -0.532. The molecule has 1 N–H and O–H groups in total. The highest BCUT2D eigenvalue weighted by molar-refractivity contribution is 8.00. The summed E-state index contributed by atoms with van der Waals surface area (Å²) >= 11 is 1.41. The number of carbonyl (C=O) groups excluding carboxylic acids is 1. The lowest BCUT2D eigenvalue weighted by molar-refractivity contribution is -0.384. The minimum Gasteiger partial charge on any atom is -0.494 e. The van der Waals surface area contributed by atoms with Gasteiger partial charge in [-0.2, -0.15) is 0 Å². The first-order valence-electron chi connectivity index (χ1n) is 7.82. The van der Waals surface area contributed by atoms with Gasteiger partial charge in [0.1, 0.15) is 11.4 Å². The number of thioether (sulfide) groups is 1. The van der Waals surface area contributed by atoms with Gasteiger partial charge in [-0.25, -0.2) is 0 Å². The molecule has 0 heterocycles. The number of aryl methyl sites for hydroxylation is 2. The zero-order chi connectivity index (χ0) is 18.4. The van der Waals surface area contributed by atoms with Gasteiger partial charge in [0.25, 0.3) is 5.69 Å². The quantitative estimate of drug-likeness (QED) is 0.451. The molecule has 132 valence electrons. The fourth-order valence-electron chi connectivity index (χ4n) is 2.22. The van der Waals surface area contributed by atoms with Gasteiger partial charge in [0.2, 0.25) is 5.91 Å². The molecule has 7 heteroatoms. The Kier molecular flexibility index (Phi) is 6.41. The van der Waals surface area contributed by atoms with Crippen LogP contribution < -0.4 is 10.1 Å². The first-order chi connectivity index (χ1) is 11.9. The first kappa shape index (κ1) is 18.8. The van der Waals surface area contributed by atoms with Crippen molar-refractivity contribution in [3.63, 3.8) is 0 Å². The molecule has 0 spiro atoms. The molecule has 0 aliphatic rings. The predicted molar refractivity (Wildman–Crippen MR) is 99.5 cm³/mol. The van der Waals surface area contributed by atoms with Crippen molar-refractivity contribution in [3.8, 4) is 5.75 Å². The van der Waals surface area contributed by atoms with E-state index in [-0.39, 0.29) is 23.0 Å². The number of nitro groups is 1. The van der Waals surface area contributed by atoms with Crippen LogP contribution in [-0.4, -0.2) is 23.2 Å². The molecule has 0 saturated carbocycles. The Balaban J connectivity index is 2.07. The van der Waals surface area contributed by atoms with E-state index in [0.717, 1.165) is 16.0 Å². The number of benzene rings is 2. The maximum atomic E-state index is 12.2. The average Bonchev–Trinajstić information content (AvgIpc) is 2.57. The van der Waals surface area contributed by atoms with E-state index in [0.29, 0.717) is 12.4 Å². The lowest BCUT2D eigenvalue weighted by atomic mass is 10.2. The summed E-state index contributed by atoms with van der Waals surface area (Å²) in [6, 6.07) is 10.5. The monoisotopic (exact) mass is 360 g/mol. The number of nitro benzene ring substituents is 1. The van der Waals surface area contributed by atoms with Crippen molar-refractivity contribution < 1.29 is 14.5 Å². The van der Waals surface area contributed by atoms with Crippen LogP contribution in [-0.2, 0) is 4.79 Å². The van der Waals surface area contributed by atoms with Gasteiger partial charge in [-0.3, -0.25) is 14.9 Å². The number of hydrogen-bond donors (Lipinski definition) is 1. The summed E-state index contributed by atoms with van der Waals surface area (Å²) in [7, 11) is 0. The first-order valence-corrected chi connectivity index (χ1v) is 8.80. The molecule has 0 radical (unpaired) electrons. The Morgan fingerprint density at radius 1 is 1.24 bits per heavy atom. The van der Waals surface area contributed by atoms with E-state index < -0.39 is 4.92 Å².